The Bertz CT molecular complexity index is 1890. The number of fused-ring (bicyclic) bond motifs is 5. The largest absolute Gasteiger partial charge is 1.00 e. The summed E-state index contributed by atoms with van der Waals surface area (Å²) < 4.78 is 1.55. The Hall–Kier alpha value is -2.18. The number of rotatable bonds is 2. The Morgan fingerprint density at radius 1 is 0.760 bits per heavy atom. The van der Waals surface area contributed by atoms with Gasteiger partial charge in [-0.15, -0.1) is 46.7 Å². The van der Waals surface area contributed by atoms with E-state index in [4.69, 9.17) is 0 Å². The summed E-state index contributed by atoms with van der Waals surface area (Å²) in [5.74, 6) is 0.556. The van der Waals surface area contributed by atoms with Crippen LogP contribution < -0.4 is 24.8 Å². The minimum atomic E-state index is 0. The molecule has 4 aromatic carbocycles. The van der Waals surface area contributed by atoms with Crippen molar-refractivity contribution in [3.63, 3.8) is 0 Å². The molecule has 0 N–H and O–H groups in total. The fourth-order valence-corrected chi connectivity index (χ4v) is 7.90. The van der Waals surface area contributed by atoms with Crippen LogP contribution in [-0.4, -0.2) is 3.21 Å². The molecule has 4 aromatic rings. The summed E-state index contributed by atoms with van der Waals surface area (Å²) >= 11 is 1.54. The molecule has 0 bridgehead atoms. The van der Waals surface area contributed by atoms with E-state index in [2.05, 4.69) is 175 Å². The zero-order valence-corrected chi connectivity index (χ0v) is 36.6. The third-order valence-corrected chi connectivity index (χ3v) is 11.7. The van der Waals surface area contributed by atoms with Crippen molar-refractivity contribution < 1.29 is 49.0 Å². The van der Waals surface area contributed by atoms with Crippen molar-refractivity contribution in [2.75, 3.05) is 0 Å². The molecule has 0 amide bonds. The van der Waals surface area contributed by atoms with E-state index in [1.54, 1.807) is 3.21 Å². The molecule has 0 saturated heterocycles. The molecule has 0 radical (unpaired) electrons. The van der Waals surface area contributed by atoms with Gasteiger partial charge in [0.2, 0.25) is 0 Å². The number of allylic oxidation sites excluding steroid dienone is 8. The standard InChI is InChI=1S/C31H37.C9H10.C7H9.2ClH.Zr/c1-28(2,3)26-16-30(7,8)24-12-18-11-19-13-25-23(15-21(19)20(18)14-22(24)26)27(29(4,5)6)17-31(25,9)10;1-2-6-9-7-4-3-5-8-9;1-6-3-4-7(2)5-6;;;/h11-17H,1-10H3;3-5,7-8H,2H2,1H3;3,5,7H,1-2H3;2*1H;/q-1;;-1;;;+2/p-2. The number of hydrogen-bond acceptors (Lipinski definition) is 0. The van der Waals surface area contributed by atoms with E-state index in [1.807, 2.05) is 6.08 Å². The van der Waals surface area contributed by atoms with Crippen LogP contribution in [0.3, 0.4) is 0 Å². The van der Waals surface area contributed by atoms with Gasteiger partial charge in [-0.1, -0.05) is 117 Å². The molecule has 0 heterocycles. The van der Waals surface area contributed by atoms with Crippen LogP contribution in [0.15, 0.2) is 90.5 Å². The maximum atomic E-state index is 3.15. The van der Waals surface area contributed by atoms with Crippen LogP contribution in [0.1, 0.15) is 124 Å². The molecule has 7 rings (SSSR count). The predicted octanol–water partition coefficient (Wildman–Crippen LogP) is 7.27. The number of hydrogen-bond donors (Lipinski definition) is 0. The molecular formula is C47H56Cl2Zr-2. The molecule has 0 aliphatic heterocycles. The van der Waals surface area contributed by atoms with Crippen LogP contribution in [0, 0.1) is 22.8 Å². The van der Waals surface area contributed by atoms with Crippen LogP contribution in [0.25, 0.3) is 32.7 Å². The molecule has 264 valence electrons. The maximum Gasteiger partial charge on any atom is -1.00 e. The van der Waals surface area contributed by atoms with Gasteiger partial charge in [-0.3, -0.25) is 6.08 Å². The Balaban J connectivity index is 0.000000293. The SMILES string of the molecule is CC(C)(C)C1=CC(C)(C)c2cc3[cH-]c4cc5c(cc4c3cc21)C(C(C)(C)C)=CC5(C)C.CC1=CC(C)[C-]=C1.CC[C](=[Zr+2])c1ccccc1.[Cl-].[Cl-]. The topological polar surface area (TPSA) is 0 Å². The van der Waals surface area contributed by atoms with E-state index in [-0.39, 0.29) is 46.5 Å². The molecule has 3 aliphatic carbocycles. The average Bonchev–Trinajstić information content (AvgIpc) is 3.71. The Labute approximate surface area is 331 Å². The third-order valence-electron chi connectivity index (χ3n) is 10.1. The molecule has 0 fully saturated rings. The number of benzene rings is 3. The van der Waals surface area contributed by atoms with Crippen molar-refractivity contribution in [1.82, 2.24) is 0 Å². The van der Waals surface area contributed by atoms with Gasteiger partial charge in [-0.25, -0.2) is 11.6 Å². The summed E-state index contributed by atoms with van der Waals surface area (Å²) in [5, 5.41) is 5.58. The summed E-state index contributed by atoms with van der Waals surface area (Å²) in [6.07, 6.45) is 13.6. The van der Waals surface area contributed by atoms with Crippen LogP contribution in [0.2, 0.25) is 0 Å². The van der Waals surface area contributed by atoms with E-state index in [1.165, 1.54) is 96.7 Å². The van der Waals surface area contributed by atoms with Gasteiger partial charge in [-0.2, -0.15) is 6.08 Å². The van der Waals surface area contributed by atoms with Crippen molar-refractivity contribution in [3.8, 4) is 0 Å². The van der Waals surface area contributed by atoms with Crippen molar-refractivity contribution in [2.24, 2.45) is 16.7 Å². The van der Waals surface area contributed by atoms with Gasteiger partial charge in [0.25, 0.3) is 0 Å². The zero-order valence-electron chi connectivity index (χ0n) is 32.6. The predicted molar refractivity (Wildman–Crippen MR) is 210 cm³/mol. The van der Waals surface area contributed by atoms with Gasteiger partial charge in [-0.05, 0) is 33.1 Å². The van der Waals surface area contributed by atoms with Gasteiger partial charge in [0.1, 0.15) is 0 Å². The van der Waals surface area contributed by atoms with Gasteiger partial charge in [0.15, 0.2) is 0 Å². The van der Waals surface area contributed by atoms with Crippen LogP contribution in [0.4, 0.5) is 0 Å². The van der Waals surface area contributed by atoms with Crippen molar-refractivity contribution in [2.45, 2.75) is 107 Å². The van der Waals surface area contributed by atoms with E-state index < -0.39 is 0 Å². The summed E-state index contributed by atoms with van der Waals surface area (Å²) in [6, 6.07) is 22.9. The summed E-state index contributed by atoms with van der Waals surface area (Å²) in [7, 11) is 0. The first-order valence-electron chi connectivity index (χ1n) is 17.8. The fraction of sp³-hybridized carbons (Fsp3) is 0.404. The van der Waals surface area contributed by atoms with E-state index in [9.17, 15) is 0 Å². The summed E-state index contributed by atoms with van der Waals surface area (Å²) in [5.41, 5.74) is 12.0. The molecule has 1 unspecified atom stereocenters. The van der Waals surface area contributed by atoms with Crippen LogP contribution in [0.5, 0.6) is 0 Å². The zero-order chi connectivity index (χ0) is 35.4. The second-order valence-electron chi connectivity index (χ2n) is 17.4. The first kappa shape index (κ1) is 42.2. The molecule has 0 spiro atoms. The van der Waals surface area contributed by atoms with Gasteiger partial charge in [0.05, 0.1) is 0 Å². The van der Waals surface area contributed by atoms with Crippen molar-refractivity contribution in [3.05, 3.63) is 124 Å². The molecular weight excluding hydrogens is 727 g/mol. The van der Waals surface area contributed by atoms with Crippen molar-refractivity contribution >= 4 is 35.9 Å². The van der Waals surface area contributed by atoms with E-state index in [0.717, 1.165) is 0 Å². The van der Waals surface area contributed by atoms with Crippen molar-refractivity contribution in [1.29, 1.82) is 0 Å². The van der Waals surface area contributed by atoms with Gasteiger partial charge < -0.3 is 24.8 Å². The van der Waals surface area contributed by atoms with E-state index >= 15 is 0 Å². The van der Waals surface area contributed by atoms with E-state index in [0.29, 0.717) is 5.92 Å². The summed E-state index contributed by atoms with van der Waals surface area (Å²) in [4.78, 5) is 0. The molecule has 0 saturated carbocycles. The maximum absolute atomic E-state index is 3.15. The Kier molecular flexibility index (Phi) is 13.0. The molecule has 0 aromatic heterocycles. The summed E-state index contributed by atoms with van der Waals surface area (Å²) in [6.45, 7) is 29.9. The molecule has 0 nitrogen and oxygen atoms in total. The second kappa shape index (κ2) is 15.4. The second-order valence-corrected chi connectivity index (χ2v) is 18.9. The minimum absolute atomic E-state index is 0. The normalized spacial score (nSPS) is 18.0. The quantitative estimate of drug-likeness (QED) is 0.188. The van der Waals surface area contributed by atoms with Gasteiger partial charge in [0, 0.05) is 10.8 Å². The average molecular weight is 783 g/mol. The third kappa shape index (κ3) is 8.71. The Morgan fingerprint density at radius 2 is 1.20 bits per heavy atom. The fourth-order valence-electron chi connectivity index (χ4n) is 7.49. The smallest absolute Gasteiger partial charge is 1.00 e. The molecule has 1 atom stereocenters. The monoisotopic (exact) mass is 780 g/mol. The Morgan fingerprint density at radius 3 is 1.52 bits per heavy atom. The molecule has 50 heavy (non-hydrogen) atoms. The first-order valence-corrected chi connectivity index (χ1v) is 19.1. The molecule has 3 heteroatoms. The van der Waals surface area contributed by atoms with Crippen LogP contribution >= 0.6 is 0 Å². The van der Waals surface area contributed by atoms with Gasteiger partial charge >= 0.3 is 76.7 Å². The molecule has 3 aliphatic rings. The first-order chi connectivity index (χ1) is 22.2. The van der Waals surface area contributed by atoms with Crippen LogP contribution in [-0.2, 0) is 35.1 Å². The minimum Gasteiger partial charge on any atom is -1.00 e. The number of halogens is 2.